The second-order valence-electron chi connectivity index (χ2n) is 8.44. The molecule has 1 amide bonds. The Balaban J connectivity index is 0.00000208. The third-order valence-corrected chi connectivity index (χ3v) is 5.43. The summed E-state index contributed by atoms with van der Waals surface area (Å²) in [5, 5.41) is 7.81. The van der Waals surface area contributed by atoms with Crippen LogP contribution in [0.4, 0.5) is 0 Å². The summed E-state index contributed by atoms with van der Waals surface area (Å²) in [5.41, 5.74) is 7.61. The first kappa shape index (κ1) is 19.3. The molecular weight excluding hydrogens is 324 g/mol. The van der Waals surface area contributed by atoms with Crippen LogP contribution in [0.2, 0.25) is 0 Å². The van der Waals surface area contributed by atoms with Crippen LogP contribution >= 0.6 is 12.4 Å². The number of aryl methyl sites for hydroxylation is 1. The number of aromatic nitrogens is 2. The van der Waals surface area contributed by atoms with Gasteiger partial charge in [-0.15, -0.1) is 12.4 Å². The number of carbonyl (C=O) groups excluding carboxylic acids is 1. The van der Waals surface area contributed by atoms with Crippen molar-refractivity contribution in [2.75, 3.05) is 0 Å². The lowest BCUT2D eigenvalue weighted by atomic mass is 9.67. The lowest BCUT2D eigenvalue weighted by Gasteiger charge is -2.45. The first-order valence-corrected chi connectivity index (χ1v) is 8.89. The fraction of sp³-hybridized carbons (Fsp3) is 0.778. The van der Waals surface area contributed by atoms with Crippen molar-refractivity contribution in [2.24, 2.45) is 17.6 Å². The number of hydrogen-bond donors (Lipinski definition) is 2. The lowest BCUT2D eigenvalue weighted by molar-refractivity contribution is 0.0750. The number of halogens is 1. The summed E-state index contributed by atoms with van der Waals surface area (Å²) in [5.74, 6) is 1.04. The van der Waals surface area contributed by atoms with E-state index in [1.807, 2.05) is 17.7 Å². The van der Waals surface area contributed by atoms with E-state index >= 15 is 0 Å². The number of amides is 1. The van der Waals surface area contributed by atoms with Gasteiger partial charge in [-0.3, -0.25) is 9.48 Å². The van der Waals surface area contributed by atoms with Gasteiger partial charge in [0.1, 0.15) is 5.69 Å². The number of hydrogen-bond acceptors (Lipinski definition) is 3. The Morgan fingerprint density at radius 2 is 1.88 bits per heavy atom. The summed E-state index contributed by atoms with van der Waals surface area (Å²) < 4.78 is 1.93. The average Bonchev–Trinajstić information content (AvgIpc) is 2.82. The largest absolute Gasteiger partial charge is 0.347 e. The molecule has 5 nitrogen and oxygen atoms in total. The summed E-state index contributed by atoms with van der Waals surface area (Å²) in [4.78, 5) is 12.7. The number of fused-ring (bicyclic) bond motifs is 2. The van der Waals surface area contributed by atoms with Gasteiger partial charge < -0.3 is 11.1 Å². The number of nitrogens with zero attached hydrogens (tertiary/aromatic N) is 2. The standard InChI is InChI=1S/C18H30N4O.ClH/c1-11-8-15(21-22(11)18(2,3)4)17(23)20-16-12-6-5-7-13(16)10-14(19)9-12;/h8,12-14,16H,5-7,9-10,19H2,1-4H3,(H,20,23);1H. The predicted octanol–water partition coefficient (Wildman–Crippen LogP) is 3.00. The minimum absolute atomic E-state index is 0. The minimum atomic E-state index is -0.114. The molecule has 2 saturated carbocycles. The van der Waals surface area contributed by atoms with Gasteiger partial charge in [-0.05, 0) is 71.3 Å². The van der Waals surface area contributed by atoms with Gasteiger partial charge in [-0.2, -0.15) is 5.10 Å². The minimum Gasteiger partial charge on any atom is -0.347 e. The van der Waals surface area contributed by atoms with Crippen LogP contribution in [0.5, 0.6) is 0 Å². The van der Waals surface area contributed by atoms with E-state index in [4.69, 9.17) is 5.73 Å². The van der Waals surface area contributed by atoms with E-state index in [-0.39, 0.29) is 29.9 Å². The molecule has 1 aromatic rings. The highest BCUT2D eigenvalue weighted by Gasteiger charge is 2.40. The van der Waals surface area contributed by atoms with E-state index in [0.29, 0.717) is 23.6 Å². The van der Waals surface area contributed by atoms with Crippen LogP contribution in [-0.4, -0.2) is 27.8 Å². The van der Waals surface area contributed by atoms with Gasteiger partial charge in [0.15, 0.2) is 0 Å². The third kappa shape index (κ3) is 3.77. The van der Waals surface area contributed by atoms with Gasteiger partial charge in [0.05, 0.1) is 5.54 Å². The van der Waals surface area contributed by atoms with Crippen LogP contribution in [0.15, 0.2) is 6.07 Å². The van der Waals surface area contributed by atoms with Crippen molar-refractivity contribution >= 4 is 18.3 Å². The lowest BCUT2D eigenvalue weighted by Crippen LogP contribution is -2.53. The Labute approximate surface area is 151 Å². The van der Waals surface area contributed by atoms with Crippen molar-refractivity contribution in [3.8, 4) is 0 Å². The first-order chi connectivity index (χ1) is 10.8. The van der Waals surface area contributed by atoms with Crippen molar-refractivity contribution in [3.05, 3.63) is 17.5 Å². The topological polar surface area (TPSA) is 72.9 Å². The summed E-state index contributed by atoms with van der Waals surface area (Å²) >= 11 is 0. The van der Waals surface area contributed by atoms with E-state index in [2.05, 4.69) is 31.2 Å². The number of nitrogens with one attached hydrogen (secondary N) is 1. The van der Waals surface area contributed by atoms with Crippen LogP contribution in [0.25, 0.3) is 0 Å². The Kier molecular flexibility index (Phi) is 5.65. The molecular formula is C18H31ClN4O. The molecule has 1 heterocycles. The maximum Gasteiger partial charge on any atom is 0.272 e. The van der Waals surface area contributed by atoms with Gasteiger partial charge in [-0.25, -0.2) is 0 Å². The van der Waals surface area contributed by atoms with Gasteiger partial charge in [0, 0.05) is 17.8 Å². The monoisotopic (exact) mass is 354 g/mol. The van der Waals surface area contributed by atoms with Crippen LogP contribution in [0.3, 0.4) is 0 Å². The molecule has 0 radical (unpaired) electrons. The molecule has 0 saturated heterocycles. The second-order valence-corrected chi connectivity index (χ2v) is 8.44. The first-order valence-electron chi connectivity index (χ1n) is 8.89. The normalized spacial score (nSPS) is 29.7. The van der Waals surface area contributed by atoms with Gasteiger partial charge >= 0.3 is 0 Å². The fourth-order valence-electron chi connectivity index (χ4n) is 4.51. The zero-order valence-corrected chi connectivity index (χ0v) is 16.0. The molecule has 136 valence electrons. The van der Waals surface area contributed by atoms with E-state index in [9.17, 15) is 4.79 Å². The average molecular weight is 355 g/mol. The molecule has 2 atom stereocenters. The van der Waals surface area contributed by atoms with Crippen molar-refractivity contribution in [1.29, 1.82) is 0 Å². The van der Waals surface area contributed by atoms with Crippen molar-refractivity contribution in [2.45, 2.75) is 77.4 Å². The zero-order valence-electron chi connectivity index (χ0n) is 15.2. The zero-order chi connectivity index (χ0) is 16.8. The Hall–Kier alpha value is -1.07. The van der Waals surface area contributed by atoms with Crippen LogP contribution < -0.4 is 11.1 Å². The number of carbonyl (C=O) groups is 1. The molecule has 0 aliphatic heterocycles. The molecule has 1 aromatic heterocycles. The highest BCUT2D eigenvalue weighted by atomic mass is 35.5. The molecule has 2 fully saturated rings. The Bertz CT molecular complexity index is 578. The predicted molar refractivity (Wildman–Crippen MR) is 98.5 cm³/mol. The van der Waals surface area contributed by atoms with Crippen LogP contribution in [0.1, 0.15) is 69.1 Å². The summed E-state index contributed by atoms with van der Waals surface area (Å²) in [6.45, 7) is 8.30. The van der Waals surface area contributed by atoms with E-state index in [0.717, 1.165) is 18.5 Å². The maximum absolute atomic E-state index is 12.7. The van der Waals surface area contributed by atoms with Crippen molar-refractivity contribution in [3.63, 3.8) is 0 Å². The van der Waals surface area contributed by atoms with E-state index in [1.165, 1.54) is 19.3 Å². The van der Waals surface area contributed by atoms with E-state index < -0.39 is 0 Å². The quantitative estimate of drug-likeness (QED) is 0.857. The third-order valence-electron chi connectivity index (χ3n) is 5.43. The second kappa shape index (κ2) is 7.04. The molecule has 0 aromatic carbocycles. The summed E-state index contributed by atoms with van der Waals surface area (Å²) in [6, 6.07) is 2.47. The van der Waals surface area contributed by atoms with Gasteiger partial charge in [0.2, 0.25) is 0 Å². The molecule has 24 heavy (non-hydrogen) atoms. The molecule has 3 N–H and O–H groups in total. The molecule has 3 rings (SSSR count). The molecule has 2 unspecified atom stereocenters. The summed E-state index contributed by atoms with van der Waals surface area (Å²) in [7, 11) is 0. The molecule has 2 aliphatic rings. The molecule has 6 heteroatoms. The van der Waals surface area contributed by atoms with Crippen molar-refractivity contribution in [1.82, 2.24) is 15.1 Å². The van der Waals surface area contributed by atoms with Crippen LogP contribution in [0, 0.1) is 18.8 Å². The van der Waals surface area contributed by atoms with Gasteiger partial charge in [0.25, 0.3) is 5.91 Å². The fourth-order valence-corrected chi connectivity index (χ4v) is 4.51. The number of nitrogens with two attached hydrogens (primary N) is 1. The SMILES string of the molecule is Cc1cc(C(=O)NC2C3CCCC2CC(N)C3)nn1C(C)(C)C.Cl. The maximum atomic E-state index is 12.7. The number of rotatable bonds is 2. The van der Waals surface area contributed by atoms with Crippen LogP contribution in [-0.2, 0) is 5.54 Å². The molecule has 0 spiro atoms. The summed E-state index contributed by atoms with van der Waals surface area (Å²) in [6.07, 6.45) is 5.72. The highest BCUT2D eigenvalue weighted by molar-refractivity contribution is 5.92. The van der Waals surface area contributed by atoms with Crippen molar-refractivity contribution < 1.29 is 4.79 Å². The van der Waals surface area contributed by atoms with Gasteiger partial charge in [-0.1, -0.05) is 6.42 Å². The Morgan fingerprint density at radius 3 is 2.38 bits per heavy atom. The smallest absolute Gasteiger partial charge is 0.272 e. The Morgan fingerprint density at radius 1 is 1.29 bits per heavy atom. The van der Waals surface area contributed by atoms with E-state index in [1.54, 1.807) is 0 Å². The molecule has 2 aliphatic carbocycles. The molecule has 2 bridgehead atoms. The highest BCUT2D eigenvalue weighted by Crippen LogP contribution is 2.39.